The van der Waals surface area contributed by atoms with Gasteiger partial charge >= 0.3 is 5.97 Å². The van der Waals surface area contributed by atoms with Crippen LogP contribution >= 0.6 is 11.3 Å². The lowest BCUT2D eigenvalue weighted by molar-refractivity contribution is 0.0702. The number of carbonyl (C=O) groups excluding carboxylic acids is 1. The molecular weight excluding hydrogens is 426 g/mol. The first kappa shape index (κ1) is 21.5. The fourth-order valence-corrected chi connectivity index (χ4v) is 4.66. The lowest BCUT2D eigenvalue weighted by Gasteiger charge is -2.03. The Bertz CT molecular complexity index is 1350. The van der Waals surface area contributed by atoms with Gasteiger partial charge in [-0.25, -0.2) is 4.79 Å². The second kappa shape index (κ2) is 8.82. The van der Waals surface area contributed by atoms with Crippen LogP contribution in [0, 0.1) is 0 Å². The van der Waals surface area contributed by atoms with Crippen LogP contribution in [0.25, 0.3) is 22.0 Å². The van der Waals surface area contributed by atoms with Gasteiger partial charge in [-0.3, -0.25) is 4.79 Å². The number of aromatic hydroxyl groups is 1. The van der Waals surface area contributed by atoms with E-state index in [1.807, 2.05) is 31.2 Å². The summed E-state index contributed by atoms with van der Waals surface area (Å²) in [7, 11) is 0. The number of carboxylic acid groups (broad SMARTS) is 1. The highest BCUT2D eigenvalue weighted by atomic mass is 32.1. The van der Waals surface area contributed by atoms with E-state index in [4.69, 9.17) is 0 Å². The van der Waals surface area contributed by atoms with Gasteiger partial charge in [0.2, 0.25) is 5.78 Å². The van der Waals surface area contributed by atoms with Crippen LogP contribution in [0.5, 0.6) is 5.75 Å². The Balaban J connectivity index is 1.80. The van der Waals surface area contributed by atoms with Gasteiger partial charge in [-0.15, -0.1) is 11.3 Å². The molecule has 0 fully saturated rings. The first-order chi connectivity index (χ1) is 15.4. The third-order valence-corrected chi connectivity index (χ3v) is 6.48. The average molecular weight is 448 g/mol. The van der Waals surface area contributed by atoms with Crippen LogP contribution in [0.4, 0.5) is 0 Å². The van der Waals surface area contributed by atoms with Gasteiger partial charge in [0.15, 0.2) is 0 Å². The molecule has 2 aromatic heterocycles. The number of aromatic carboxylic acids is 1. The number of ketones is 1. The summed E-state index contributed by atoms with van der Waals surface area (Å²) in [5.74, 6) is -1.96. The van der Waals surface area contributed by atoms with E-state index in [0.717, 1.165) is 28.0 Å². The van der Waals surface area contributed by atoms with Crippen molar-refractivity contribution in [1.29, 1.82) is 0 Å². The highest BCUT2D eigenvalue weighted by Crippen LogP contribution is 2.43. The molecule has 4 N–H and O–H groups in total. The fraction of sp³-hybridized carbons (Fsp3) is 0.120. The molecule has 0 saturated heterocycles. The van der Waals surface area contributed by atoms with Crippen molar-refractivity contribution < 1.29 is 24.9 Å². The monoisotopic (exact) mass is 447 g/mol. The van der Waals surface area contributed by atoms with Crippen LogP contribution in [0.1, 0.15) is 37.4 Å². The molecule has 2 heterocycles. The van der Waals surface area contributed by atoms with Gasteiger partial charge in [0, 0.05) is 28.2 Å². The van der Waals surface area contributed by atoms with E-state index in [-0.39, 0.29) is 27.7 Å². The van der Waals surface area contributed by atoms with Crippen LogP contribution in [0.15, 0.2) is 66.4 Å². The van der Waals surface area contributed by atoms with Crippen molar-refractivity contribution in [3.8, 4) is 16.9 Å². The number of allylic oxidation sites excluding steroid dienone is 1. The van der Waals surface area contributed by atoms with Crippen LogP contribution in [0.2, 0.25) is 0 Å². The summed E-state index contributed by atoms with van der Waals surface area (Å²) in [6.07, 6.45) is 4.10. The second-order valence-electron chi connectivity index (χ2n) is 7.44. The van der Waals surface area contributed by atoms with Crippen molar-refractivity contribution >= 4 is 34.0 Å². The van der Waals surface area contributed by atoms with Gasteiger partial charge in [0.1, 0.15) is 15.5 Å². The number of hydrogen-bond donors (Lipinski definition) is 4. The Morgan fingerprint density at radius 3 is 2.50 bits per heavy atom. The number of aromatic nitrogens is 1. The molecule has 0 amide bonds. The number of nitrogens with one attached hydrogen (secondary N) is 1. The first-order valence-electron chi connectivity index (χ1n) is 9.97. The standard InChI is InChI=1S/C25H21NO5S/c1-14(13-27)10-11-16-8-5-9-17-18(12-26-20(16)17)21(28)24-22(29)19(23(32-24)25(30)31)15-6-3-2-4-7-15/h2-10,12,26-27,29H,11,13H2,1H3,(H,30,31)/b14-10+. The molecule has 0 spiro atoms. The second-order valence-corrected chi connectivity index (χ2v) is 8.46. The highest BCUT2D eigenvalue weighted by Gasteiger charge is 2.28. The van der Waals surface area contributed by atoms with Gasteiger partial charge < -0.3 is 20.3 Å². The lowest BCUT2D eigenvalue weighted by atomic mass is 10.0. The quantitative estimate of drug-likeness (QED) is 0.235. The number of benzene rings is 2. The predicted molar refractivity (Wildman–Crippen MR) is 125 cm³/mol. The first-order valence-corrected chi connectivity index (χ1v) is 10.8. The molecule has 6 nitrogen and oxygen atoms in total. The normalized spacial score (nSPS) is 11.8. The molecule has 0 atom stereocenters. The van der Waals surface area contributed by atoms with Crippen LogP contribution in [-0.4, -0.2) is 38.7 Å². The van der Waals surface area contributed by atoms with Crippen molar-refractivity contribution in [3.63, 3.8) is 0 Å². The number of aliphatic hydroxyl groups is 1. The molecule has 7 heteroatoms. The third kappa shape index (κ3) is 3.84. The van der Waals surface area contributed by atoms with Crippen molar-refractivity contribution in [2.75, 3.05) is 6.61 Å². The lowest BCUT2D eigenvalue weighted by Crippen LogP contribution is -1.98. The van der Waals surface area contributed by atoms with Crippen LogP contribution < -0.4 is 0 Å². The molecule has 162 valence electrons. The van der Waals surface area contributed by atoms with Gasteiger partial charge in [0.25, 0.3) is 0 Å². The number of carbonyl (C=O) groups is 2. The average Bonchev–Trinajstić information content (AvgIpc) is 3.39. The fourth-order valence-electron chi connectivity index (χ4n) is 3.65. The smallest absolute Gasteiger partial charge is 0.346 e. The summed E-state index contributed by atoms with van der Waals surface area (Å²) in [6, 6.07) is 14.3. The van der Waals surface area contributed by atoms with Crippen molar-refractivity contribution in [3.05, 3.63) is 87.3 Å². The summed E-state index contributed by atoms with van der Waals surface area (Å²) < 4.78 is 0. The maximum atomic E-state index is 13.4. The number of hydrogen-bond acceptors (Lipinski definition) is 5. The maximum Gasteiger partial charge on any atom is 0.346 e. The Morgan fingerprint density at radius 2 is 1.81 bits per heavy atom. The molecule has 0 aliphatic carbocycles. The Labute approximate surface area is 188 Å². The van der Waals surface area contributed by atoms with Gasteiger partial charge in [-0.05, 0) is 24.5 Å². The molecule has 0 aliphatic heterocycles. The molecule has 0 aliphatic rings. The summed E-state index contributed by atoms with van der Waals surface area (Å²) >= 11 is 0.775. The number of fused-ring (bicyclic) bond motifs is 1. The summed E-state index contributed by atoms with van der Waals surface area (Å²) in [6.45, 7) is 1.82. The van der Waals surface area contributed by atoms with Crippen LogP contribution in [-0.2, 0) is 6.42 Å². The molecule has 2 aromatic carbocycles. The predicted octanol–water partition coefficient (Wildman–Crippen LogP) is 5.01. The van der Waals surface area contributed by atoms with Crippen molar-refractivity contribution in [1.82, 2.24) is 4.98 Å². The molecule has 0 saturated carbocycles. The number of rotatable bonds is 7. The zero-order chi connectivity index (χ0) is 22.8. The zero-order valence-corrected chi connectivity index (χ0v) is 18.1. The zero-order valence-electron chi connectivity index (χ0n) is 17.3. The number of H-pyrrole nitrogens is 1. The number of aromatic amines is 1. The molecular formula is C25H21NO5S. The van der Waals surface area contributed by atoms with E-state index in [2.05, 4.69) is 4.98 Å². The molecule has 0 bridgehead atoms. The summed E-state index contributed by atoms with van der Waals surface area (Å²) in [5, 5.41) is 30.4. The number of thiophene rings is 1. The Morgan fingerprint density at radius 1 is 1.06 bits per heavy atom. The maximum absolute atomic E-state index is 13.4. The van der Waals surface area contributed by atoms with E-state index in [1.54, 1.807) is 36.5 Å². The molecule has 0 radical (unpaired) electrons. The molecule has 32 heavy (non-hydrogen) atoms. The van der Waals surface area contributed by atoms with Crippen LogP contribution in [0.3, 0.4) is 0 Å². The molecule has 4 rings (SSSR count). The van der Waals surface area contributed by atoms with E-state index in [0.29, 0.717) is 22.9 Å². The minimum atomic E-state index is -1.20. The number of aliphatic hydroxyl groups excluding tert-OH is 1. The van der Waals surface area contributed by atoms with E-state index < -0.39 is 11.8 Å². The Hall–Kier alpha value is -3.68. The van der Waals surface area contributed by atoms with Crippen molar-refractivity contribution in [2.45, 2.75) is 13.3 Å². The van der Waals surface area contributed by atoms with E-state index >= 15 is 0 Å². The minimum absolute atomic E-state index is 0.0106. The Kier molecular flexibility index (Phi) is 5.94. The van der Waals surface area contributed by atoms with Crippen molar-refractivity contribution in [2.24, 2.45) is 0 Å². The topological polar surface area (TPSA) is 111 Å². The SMILES string of the molecule is C/C(=C\Cc1cccc2c(C(=O)c3sc(C(=O)O)c(-c4ccccc4)c3O)c[nH]c12)CO. The van der Waals surface area contributed by atoms with Gasteiger partial charge in [0.05, 0.1) is 6.61 Å². The van der Waals surface area contributed by atoms with Gasteiger partial charge in [-0.1, -0.05) is 60.2 Å². The van der Waals surface area contributed by atoms with E-state index in [1.165, 1.54) is 0 Å². The molecule has 0 unspecified atom stereocenters. The summed E-state index contributed by atoms with van der Waals surface area (Å²) in [4.78, 5) is 28.3. The highest BCUT2D eigenvalue weighted by molar-refractivity contribution is 7.17. The largest absolute Gasteiger partial charge is 0.506 e. The summed E-state index contributed by atoms with van der Waals surface area (Å²) in [5.41, 5.74) is 3.64. The van der Waals surface area contributed by atoms with E-state index in [9.17, 15) is 24.9 Å². The minimum Gasteiger partial charge on any atom is -0.506 e. The number of carboxylic acids is 1. The van der Waals surface area contributed by atoms with Gasteiger partial charge in [-0.2, -0.15) is 0 Å². The molecule has 4 aromatic rings. The number of para-hydroxylation sites is 1. The third-order valence-electron chi connectivity index (χ3n) is 5.31.